The van der Waals surface area contributed by atoms with Crippen LogP contribution in [0.4, 0.5) is 5.69 Å². The van der Waals surface area contributed by atoms with E-state index in [4.69, 9.17) is 5.11 Å². The van der Waals surface area contributed by atoms with Crippen molar-refractivity contribution < 1.29 is 9.90 Å². The van der Waals surface area contributed by atoms with E-state index in [-0.39, 0.29) is 6.42 Å². The number of carboxylic acids is 1. The maximum atomic E-state index is 10.6. The Labute approximate surface area is 95.7 Å². The molecule has 1 aromatic rings. The van der Waals surface area contributed by atoms with E-state index >= 15 is 0 Å². The summed E-state index contributed by atoms with van der Waals surface area (Å²) in [5.74, 6) is -0.334. The number of carboxylic acid groups (broad SMARTS) is 1. The SMILES string of the molecule is Cc1cccc2c1N(C)CC2CCC(=O)O. The van der Waals surface area contributed by atoms with Crippen LogP contribution < -0.4 is 4.90 Å². The van der Waals surface area contributed by atoms with Crippen LogP contribution in [0, 0.1) is 6.92 Å². The van der Waals surface area contributed by atoms with Crippen molar-refractivity contribution in [2.24, 2.45) is 0 Å². The van der Waals surface area contributed by atoms with Crippen LogP contribution in [0.3, 0.4) is 0 Å². The molecule has 0 aromatic heterocycles. The largest absolute Gasteiger partial charge is 0.481 e. The minimum atomic E-state index is -0.705. The first-order chi connectivity index (χ1) is 7.59. The van der Waals surface area contributed by atoms with E-state index in [2.05, 4.69) is 37.1 Å². The van der Waals surface area contributed by atoms with Crippen LogP contribution in [-0.2, 0) is 4.79 Å². The minimum absolute atomic E-state index is 0.256. The van der Waals surface area contributed by atoms with E-state index in [9.17, 15) is 4.79 Å². The van der Waals surface area contributed by atoms with E-state index < -0.39 is 5.97 Å². The number of aryl methyl sites for hydroxylation is 1. The summed E-state index contributed by atoms with van der Waals surface area (Å²) in [6.07, 6.45) is 0.988. The van der Waals surface area contributed by atoms with Crippen LogP contribution in [-0.4, -0.2) is 24.7 Å². The lowest BCUT2D eigenvalue weighted by atomic mass is 9.95. The van der Waals surface area contributed by atoms with Gasteiger partial charge in [-0.05, 0) is 24.5 Å². The average Bonchev–Trinajstić information content (AvgIpc) is 2.54. The van der Waals surface area contributed by atoms with Crippen molar-refractivity contribution in [1.29, 1.82) is 0 Å². The smallest absolute Gasteiger partial charge is 0.303 e. The van der Waals surface area contributed by atoms with Gasteiger partial charge in [0.25, 0.3) is 0 Å². The highest BCUT2D eigenvalue weighted by molar-refractivity contribution is 5.68. The maximum Gasteiger partial charge on any atom is 0.303 e. The number of carbonyl (C=O) groups is 1. The molecule has 1 aromatic carbocycles. The van der Waals surface area contributed by atoms with Gasteiger partial charge in [0.2, 0.25) is 0 Å². The first-order valence-corrected chi connectivity index (χ1v) is 5.62. The third-order valence-corrected chi connectivity index (χ3v) is 3.29. The highest BCUT2D eigenvalue weighted by Crippen LogP contribution is 2.39. The number of fused-ring (bicyclic) bond motifs is 1. The second-order valence-corrected chi connectivity index (χ2v) is 4.52. The van der Waals surface area contributed by atoms with Gasteiger partial charge in [0.1, 0.15) is 0 Å². The molecular formula is C13H17NO2. The van der Waals surface area contributed by atoms with Crippen molar-refractivity contribution in [2.75, 3.05) is 18.5 Å². The zero-order chi connectivity index (χ0) is 11.7. The molecule has 1 heterocycles. The number of rotatable bonds is 3. The standard InChI is InChI=1S/C13H17NO2/c1-9-4-3-5-11-10(6-7-12(15)16)8-14(2)13(9)11/h3-5,10H,6-8H2,1-2H3,(H,15,16). The minimum Gasteiger partial charge on any atom is -0.481 e. The molecule has 0 spiro atoms. The Bertz CT molecular complexity index is 414. The van der Waals surface area contributed by atoms with Gasteiger partial charge in [-0.3, -0.25) is 4.79 Å². The van der Waals surface area contributed by atoms with Gasteiger partial charge in [-0.1, -0.05) is 18.2 Å². The molecule has 86 valence electrons. The van der Waals surface area contributed by atoms with E-state index in [1.54, 1.807) is 0 Å². The molecule has 3 heteroatoms. The Morgan fingerprint density at radius 2 is 2.31 bits per heavy atom. The summed E-state index contributed by atoms with van der Waals surface area (Å²) in [7, 11) is 2.08. The maximum absolute atomic E-state index is 10.6. The van der Waals surface area contributed by atoms with Crippen LogP contribution in [0.15, 0.2) is 18.2 Å². The van der Waals surface area contributed by atoms with Gasteiger partial charge in [0.15, 0.2) is 0 Å². The molecule has 1 N–H and O–H groups in total. The van der Waals surface area contributed by atoms with Crippen LogP contribution >= 0.6 is 0 Å². The fraction of sp³-hybridized carbons (Fsp3) is 0.462. The van der Waals surface area contributed by atoms with Crippen molar-refractivity contribution in [3.63, 3.8) is 0 Å². The summed E-state index contributed by atoms with van der Waals surface area (Å²) < 4.78 is 0. The van der Waals surface area contributed by atoms with Crippen LogP contribution in [0.25, 0.3) is 0 Å². The van der Waals surface area contributed by atoms with Crippen molar-refractivity contribution in [2.45, 2.75) is 25.7 Å². The van der Waals surface area contributed by atoms with Gasteiger partial charge in [-0.25, -0.2) is 0 Å². The quantitative estimate of drug-likeness (QED) is 0.848. The predicted octanol–water partition coefficient (Wildman–Crippen LogP) is 2.39. The van der Waals surface area contributed by atoms with E-state index in [0.29, 0.717) is 5.92 Å². The summed E-state index contributed by atoms with van der Waals surface area (Å²) in [5, 5.41) is 8.73. The molecule has 1 unspecified atom stereocenters. The number of hydrogen-bond acceptors (Lipinski definition) is 2. The summed E-state index contributed by atoms with van der Waals surface area (Å²) in [6, 6.07) is 6.29. The first kappa shape index (κ1) is 11.0. The van der Waals surface area contributed by atoms with Crippen LogP contribution in [0.2, 0.25) is 0 Å². The number of anilines is 1. The fourth-order valence-electron chi connectivity index (χ4n) is 2.60. The number of likely N-dealkylation sites (N-methyl/N-ethyl adjacent to an activating group) is 1. The molecular weight excluding hydrogens is 202 g/mol. The Morgan fingerprint density at radius 3 is 3.00 bits per heavy atom. The molecule has 0 saturated carbocycles. The zero-order valence-electron chi connectivity index (χ0n) is 9.73. The molecule has 1 aliphatic rings. The summed E-state index contributed by atoms with van der Waals surface area (Å²) >= 11 is 0. The van der Waals surface area contributed by atoms with Gasteiger partial charge in [0, 0.05) is 31.6 Å². The van der Waals surface area contributed by atoms with Gasteiger partial charge < -0.3 is 10.0 Å². The van der Waals surface area contributed by atoms with E-state index in [1.165, 1.54) is 16.8 Å². The van der Waals surface area contributed by atoms with Gasteiger partial charge in [-0.15, -0.1) is 0 Å². The lowest BCUT2D eigenvalue weighted by Gasteiger charge is -2.14. The highest BCUT2D eigenvalue weighted by Gasteiger charge is 2.27. The van der Waals surface area contributed by atoms with E-state index in [0.717, 1.165) is 13.0 Å². The van der Waals surface area contributed by atoms with Crippen molar-refractivity contribution in [3.05, 3.63) is 29.3 Å². The topological polar surface area (TPSA) is 40.5 Å². The second-order valence-electron chi connectivity index (χ2n) is 4.52. The van der Waals surface area contributed by atoms with Crippen molar-refractivity contribution in [1.82, 2.24) is 0 Å². The van der Waals surface area contributed by atoms with E-state index in [1.807, 2.05) is 0 Å². The van der Waals surface area contributed by atoms with Crippen molar-refractivity contribution >= 4 is 11.7 Å². The molecule has 0 saturated heterocycles. The molecule has 0 fully saturated rings. The van der Waals surface area contributed by atoms with Gasteiger partial charge in [-0.2, -0.15) is 0 Å². The Morgan fingerprint density at radius 1 is 1.56 bits per heavy atom. The number of nitrogens with zero attached hydrogens (tertiary/aromatic N) is 1. The normalized spacial score (nSPS) is 18.6. The molecule has 0 bridgehead atoms. The third kappa shape index (κ3) is 1.90. The molecule has 1 atom stereocenters. The third-order valence-electron chi connectivity index (χ3n) is 3.29. The number of hydrogen-bond donors (Lipinski definition) is 1. The van der Waals surface area contributed by atoms with Crippen molar-refractivity contribution in [3.8, 4) is 0 Å². The summed E-state index contributed by atoms with van der Waals surface area (Å²) in [4.78, 5) is 12.8. The number of aliphatic carboxylic acids is 1. The summed E-state index contributed by atoms with van der Waals surface area (Å²) in [6.45, 7) is 3.04. The predicted molar refractivity (Wildman–Crippen MR) is 64.1 cm³/mol. The Hall–Kier alpha value is -1.51. The lowest BCUT2D eigenvalue weighted by Crippen LogP contribution is -2.16. The van der Waals surface area contributed by atoms with Crippen LogP contribution in [0.5, 0.6) is 0 Å². The van der Waals surface area contributed by atoms with Crippen LogP contribution in [0.1, 0.15) is 29.9 Å². The molecule has 0 amide bonds. The molecule has 16 heavy (non-hydrogen) atoms. The first-order valence-electron chi connectivity index (χ1n) is 5.62. The molecule has 3 nitrogen and oxygen atoms in total. The Balaban J connectivity index is 2.22. The Kier molecular flexibility index (Phi) is 2.86. The number of benzene rings is 1. The lowest BCUT2D eigenvalue weighted by molar-refractivity contribution is -0.137. The molecule has 1 aliphatic heterocycles. The summed E-state index contributed by atoms with van der Waals surface area (Å²) in [5.41, 5.74) is 3.87. The number of para-hydroxylation sites is 1. The zero-order valence-corrected chi connectivity index (χ0v) is 9.73. The average molecular weight is 219 g/mol. The molecule has 0 aliphatic carbocycles. The van der Waals surface area contributed by atoms with Gasteiger partial charge in [0.05, 0.1) is 0 Å². The molecule has 0 radical (unpaired) electrons. The van der Waals surface area contributed by atoms with Gasteiger partial charge >= 0.3 is 5.97 Å². The molecule has 2 rings (SSSR count). The highest BCUT2D eigenvalue weighted by atomic mass is 16.4. The monoisotopic (exact) mass is 219 g/mol. The fourth-order valence-corrected chi connectivity index (χ4v) is 2.60. The second kappa shape index (κ2) is 4.16.